The average molecular weight is 421 g/mol. The number of carbonyl (C=O) groups excluding carboxylic acids is 2. The Morgan fingerprint density at radius 1 is 1.16 bits per heavy atom. The zero-order chi connectivity index (χ0) is 22.4. The molecule has 1 aromatic heterocycles. The zero-order valence-corrected chi connectivity index (χ0v) is 16.8. The smallest absolute Gasteiger partial charge is 0.343 e. The van der Waals surface area contributed by atoms with E-state index in [0.29, 0.717) is 22.6 Å². The molecule has 1 amide bonds. The molecule has 1 heterocycles. The number of benzene rings is 2. The minimum Gasteiger partial charge on any atom is -0.422 e. The fourth-order valence-corrected chi connectivity index (χ4v) is 2.73. The number of aromatic nitrogens is 2. The summed E-state index contributed by atoms with van der Waals surface area (Å²) in [6, 6.07) is 13.9. The molecular weight excluding hydrogens is 402 g/mol. The van der Waals surface area contributed by atoms with Crippen LogP contribution in [-0.2, 0) is 11.3 Å². The van der Waals surface area contributed by atoms with Gasteiger partial charge in [-0.15, -0.1) is 0 Å². The second-order valence-corrected chi connectivity index (χ2v) is 6.59. The number of nitro groups is 1. The Balaban J connectivity index is 1.69. The van der Waals surface area contributed by atoms with Gasteiger partial charge in [0.05, 0.1) is 16.2 Å². The zero-order valence-electron chi connectivity index (χ0n) is 16.8. The monoisotopic (exact) mass is 421 g/mol. The van der Waals surface area contributed by atoms with Gasteiger partial charge in [-0.05, 0) is 37.6 Å². The lowest BCUT2D eigenvalue weighted by Gasteiger charge is -2.11. The number of carbonyl (C=O) groups is 2. The van der Waals surface area contributed by atoms with Gasteiger partial charge >= 0.3 is 11.7 Å². The molecule has 0 saturated heterocycles. The largest absolute Gasteiger partial charge is 0.422 e. The van der Waals surface area contributed by atoms with Crippen molar-refractivity contribution in [3.63, 3.8) is 0 Å². The minimum atomic E-state index is -0.598. The summed E-state index contributed by atoms with van der Waals surface area (Å²) < 4.78 is 6.69. The van der Waals surface area contributed by atoms with Gasteiger partial charge in [0, 0.05) is 5.56 Å². The average Bonchev–Trinajstić information content (AvgIpc) is 3.21. The molecule has 0 radical (unpaired) electrons. The van der Waals surface area contributed by atoms with E-state index in [1.54, 1.807) is 43.3 Å². The van der Waals surface area contributed by atoms with Crippen LogP contribution in [0.25, 0.3) is 0 Å². The molecule has 0 fully saturated rings. The van der Waals surface area contributed by atoms with Crippen LogP contribution < -0.4 is 10.2 Å². The summed E-state index contributed by atoms with van der Waals surface area (Å²) in [5, 5.41) is 18.5. The van der Waals surface area contributed by atoms with Crippen LogP contribution >= 0.6 is 0 Å². The Hall–Kier alpha value is -4.34. The summed E-state index contributed by atoms with van der Waals surface area (Å²) in [7, 11) is 0. The van der Waals surface area contributed by atoms with Crippen molar-refractivity contribution >= 4 is 23.3 Å². The van der Waals surface area contributed by atoms with E-state index in [1.807, 2.05) is 19.1 Å². The number of esters is 1. The Morgan fingerprint density at radius 3 is 2.52 bits per heavy atom. The summed E-state index contributed by atoms with van der Waals surface area (Å²) in [4.78, 5) is 34.7. The normalized spacial score (nSPS) is 11.1. The second kappa shape index (κ2) is 9.44. The van der Waals surface area contributed by atoms with E-state index in [9.17, 15) is 19.7 Å². The molecule has 0 saturated carbocycles. The van der Waals surface area contributed by atoms with E-state index < -0.39 is 16.8 Å². The quantitative estimate of drug-likeness (QED) is 0.205. The van der Waals surface area contributed by atoms with Crippen molar-refractivity contribution in [1.29, 1.82) is 0 Å². The molecule has 0 atom stereocenters. The number of aryl methyl sites for hydroxylation is 1. The number of rotatable bonds is 7. The molecule has 0 aliphatic rings. The van der Waals surface area contributed by atoms with Crippen molar-refractivity contribution in [3.8, 4) is 5.75 Å². The first-order chi connectivity index (χ1) is 14.8. The third-order valence-electron chi connectivity index (χ3n) is 4.33. The molecule has 0 aliphatic carbocycles. The van der Waals surface area contributed by atoms with Crippen molar-refractivity contribution < 1.29 is 19.2 Å². The van der Waals surface area contributed by atoms with Gasteiger partial charge in [-0.25, -0.2) is 10.2 Å². The van der Waals surface area contributed by atoms with Gasteiger partial charge in [0.25, 0.3) is 5.91 Å². The topological polar surface area (TPSA) is 129 Å². The number of para-hydroxylation sites is 1. The molecule has 3 rings (SSSR count). The second-order valence-electron chi connectivity index (χ2n) is 6.59. The molecule has 0 spiro atoms. The van der Waals surface area contributed by atoms with Crippen molar-refractivity contribution in [3.05, 3.63) is 87.7 Å². The van der Waals surface area contributed by atoms with Gasteiger partial charge in [-0.3, -0.25) is 19.6 Å². The van der Waals surface area contributed by atoms with Crippen molar-refractivity contribution in [1.82, 2.24) is 15.2 Å². The van der Waals surface area contributed by atoms with Crippen LogP contribution in [0, 0.1) is 17.0 Å². The fraction of sp³-hybridized carbons (Fsp3) is 0.143. The van der Waals surface area contributed by atoms with Gasteiger partial charge in [-0.1, -0.05) is 30.3 Å². The summed E-state index contributed by atoms with van der Waals surface area (Å²) in [6.45, 7) is 3.23. The van der Waals surface area contributed by atoms with Crippen LogP contribution in [0.15, 0.2) is 66.0 Å². The third kappa shape index (κ3) is 5.38. The lowest BCUT2D eigenvalue weighted by molar-refractivity contribution is -0.385. The summed E-state index contributed by atoms with van der Waals surface area (Å²) in [5.41, 5.74) is 4.34. The SMILES string of the molecule is CC(=NNC(=O)Cn1cc([N+](=O)[O-])cn1)c1ccccc1OC(=O)c1ccccc1C. The highest BCUT2D eigenvalue weighted by Crippen LogP contribution is 2.21. The molecule has 0 bridgehead atoms. The van der Waals surface area contributed by atoms with Crippen LogP contribution in [0.4, 0.5) is 5.69 Å². The maximum atomic E-state index is 12.5. The van der Waals surface area contributed by atoms with E-state index in [-0.39, 0.29) is 12.2 Å². The molecular formula is C21H19N5O5. The van der Waals surface area contributed by atoms with Crippen LogP contribution in [0.5, 0.6) is 5.75 Å². The number of nitrogens with one attached hydrogen (secondary N) is 1. The van der Waals surface area contributed by atoms with Gasteiger partial charge in [0.2, 0.25) is 0 Å². The first-order valence-corrected chi connectivity index (χ1v) is 9.22. The summed E-state index contributed by atoms with van der Waals surface area (Å²) in [6.07, 6.45) is 2.21. The predicted molar refractivity (Wildman–Crippen MR) is 112 cm³/mol. The molecule has 1 N–H and O–H groups in total. The van der Waals surface area contributed by atoms with Crippen LogP contribution in [-0.4, -0.2) is 32.3 Å². The van der Waals surface area contributed by atoms with Crippen molar-refractivity contribution in [2.45, 2.75) is 20.4 Å². The molecule has 0 aliphatic heterocycles. The van der Waals surface area contributed by atoms with E-state index in [4.69, 9.17) is 4.74 Å². The fourth-order valence-electron chi connectivity index (χ4n) is 2.73. The lowest BCUT2D eigenvalue weighted by atomic mass is 10.1. The Morgan fingerprint density at radius 2 is 1.84 bits per heavy atom. The molecule has 10 nitrogen and oxygen atoms in total. The number of hydrogen-bond donors (Lipinski definition) is 1. The number of amides is 1. The maximum absolute atomic E-state index is 12.5. The van der Waals surface area contributed by atoms with Gasteiger partial charge < -0.3 is 4.74 Å². The summed E-state index contributed by atoms with van der Waals surface area (Å²) >= 11 is 0. The van der Waals surface area contributed by atoms with E-state index in [2.05, 4.69) is 15.6 Å². The molecule has 158 valence electrons. The predicted octanol–water partition coefficient (Wildman–Crippen LogP) is 2.86. The first-order valence-electron chi connectivity index (χ1n) is 9.22. The minimum absolute atomic E-state index is 0.211. The Labute approximate surface area is 177 Å². The number of ether oxygens (including phenoxy) is 1. The van der Waals surface area contributed by atoms with Gasteiger partial charge in [0.15, 0.2) is 0 Å². The van der Waals surface area contributed by atoms with E-state index in [1.165, 1.54) is 0 Å². The van der Waals surface area contributed by atoms with Crippen molar-refractivity contribution in [2.24, 2.45) is 5.10 Å². The molecule has 10 heteroatoms. The number of hydrogen-bond acceptors (Lipinski definition) is 7. The number of nitrogens with zero attached hydrogens (tertiary/aromatic N) is 4. The standard InChI is InChI=1S/C21H19N5O5/c1-14-7-3-4-8-17(14)21(28)31-19-10-6-5-9-18(19)15(2)23-24-20(27)13-25-12-16(11-22-25)26(29)30/h3-12H,13H2,1-2H3,(H,24,27). The Bertz CT molecular complexity index is 1170. The highest BCUT2D eigenvalue weighted by Gasteiger charge is 2.15. The van der Waals surface area contributed by atoms with Gasteiger partial charge in [-0.2, -0.15) is 10.2 Å². The van der Waals surface area contributed by atoms with Crippen LogP contribution in [0.1, 0.15) is 28.4 Å². The highest BCUT2D eigenvalue weighted by atomic mass is 16.6. The lowest BCUT2D eigenvalue weighted by Crippen LogP contribution is -2.24. The molecule has 2 aromatic carbocycles. The molecule has 0 unspecified atom stereocenters. The third-order valence-corrected chi connectivity index (χ3v) is 4.33. The van der Waals surface area contributed by atoms with Crippen LogP contribution in [0.2, 0.25) is 0 Å². The van der Waals surface area contributed by atoms with Crippen molar-refractivity contribution in [2.75, 3.05) is 0 Å². The summed E-state index contributed by atoms with van der Waals surface area (Å²) in [5.74, 6) is -0.719. The Kier molecular flexibility index (Phi) is 6.51. The van der Waals surface area contributed by atoms with E-state index >= 15 is 0 Å². The first kappa shape index (κ1) is 21.4. The number of hydrazone groups is 1. The van der Waals surface area contributed by atoms with Gasteiger partial charge in [0.1, 0.15) is 24.7 Å². The van der Waals surface area contributed by atoms with Crippen LogP contribution in [0.3, 0.4) is 0 Å². The maximum Gasteiger partial charge on any atom is 0.343 e. The van der Waals surface area contributed by atoms with E-state index in [0.717, 1.165) is 22.6 Å². The molecule has 3 aromatic rings. The highest BCUT2D eigenvalue weighted by molar-refractivity contribution is 6.03. The molecule has 31 heavy (non-hydrogen) atoms.